The zero-order chi connectivity index (χ0) is 17.6. The van der Waals surface area contributed by atoms with E-state index < -0.39 is 0 Å². The van der Waals surface area contributed by atoms with Gasteiger partial charge in [-0.15, -0.1) is 5.10 Å². The second-order valence-corrected chi connectivity index (χ2v) is 7.23. The number of carbonyl (C=O) groups is 1. The summed E-state index contributed by atoms with van der Waals surface area (Å²) in [7, 11) is 0. The van der Waals surface area contributed by atoms with Crippen molar-refractivity contribution in [1.82, 2.24) is 29.4 Å². The third-order valence-electron chi connectivity index (χ3n) is 5.63. The number of carbonyl (C=O) groups excluding carboxylic acids is 1. The molecule has 1 amide bonds. The first kappa shape index (κ1) is 16.4. The Morgan fingerprint density at radius 1 is 1.16 bits per heavy atom. The molecule has 0 spiro atoms. The molecule has 2 aromatic heterocycles. The van der Waals surface area contributed by atoms with Crippen molar-refractivity contribution in [1.29, 1.82) is 0 Å². The summed E-state index contributed by atoms with van der Waals surface area (Å²) in [5.41, 5.74) is 1.83. The van der Waals surface area contributed by atoms with E-state index in [1.165, 1.54) is 12.8 Å². The van der Waals surface area contributed by atoms with E-state index in [-0.39, 0.29) is 17.8 Å². The van der Waals surface area contributed by atoms with Crippen LogP contribution in [0.5, 0.6) is 0 Å². The van der Waals surface area contributed by atoms with Gasteiger partial charge in [0, 0.05) is 30.0 Å². The lowest BCUT2D eigenvalue weighted by Gasteiger charge is -2.34. The molecule has 2 unspecified atom stereocenters. The summed E-state index contributed by atoms with van der Waals surface area (Å²) in [4.78, 5) is 26.5. The van der Waals surface area contributed by atoms with E-state index >= 15 is 0 Å². The van der Waals surface area contributed by atoms with Crippen LogP contribution in [-0.2, 0) is 0 Å². The number of hydrogen-bond donors (Lipinski definition) is 0. The number of amides is 1. The highest BCUT2D eigenvalue weighted by atomic mass is 16.2. The smallest absolute Gasteiger partial charge is 0.293 e. The summed E-state index contributed by atoms with van der Waals surface area (Å²) in [5, 5.41) is 4.44. The Labute approximate surface area is 148 Å². The van der Waals surface area contributed by atoms with Crippen LogP contribution in [-0.4, -0.2) is 67.0 Å². The van der Waals surface area contributed by atoms with Gasteiger partial charge in [0.1, 0.15) is 0 Å². The highest BCUT2D eigenvalue weighted by molar-refractivity contribution is 5.91. The Morgan fingerprint density at radius 3 is 2.72 bits per heavy atom. The molecule has 4 rings (SSSR count). The minimum absolute atomic E-state index is 0.0481. The Kier molecular flexibility index (Phi) is 4.19. The maximum atomic E-state index is 13.1. The number of likely N-dealkylation sites (tertiary alicyclic amines) is 2. The van der Waals surface area contributed by atoms with Gasteiger partial charge in [-0.3, -0.25) is 9.69 Å². The van der Waals surface area contributed by atoms with E-state index in [0.29, 0.717) is 11.8 Å². The first-order valence-corrected chi connectivity index (χ1v) is 9.34. The van der Waals surface area contributed by atoms with Gasteiger partial charge in [0.25, 0.3) is 11.7 Å². The third kappa shape index (κ3) is 2.80. The minimum atomic E-state index is -0.0481. The highest BCUT2D eigenvalue weighted by Crippen LogP contribution is 2.30. The van der Waals surface area contributed by atoms with Crippen LogP contribution in [0.15, 0.2) is 6.07 Å². The van der Waals surface area contributed by atoms with Gasteiger partial charge in [-0.2, -0.15) is 4.98 Å². The standard InChI is InChI=1S/C18H26N6O/c1-4-22-9-5-7-14(22)15-8-6-10-23(15)17(25)16-20-18-19-12(2)11-13(3)24(18)21-16/h11,14-15H,4-10H2,1-3H3. The summed E-state index contributed by atoms with van der Waals surface area (Å²) in [6.07, 6.45) is 4.55. The van der Waals surface area contributed by atoms with Crippen molar-refractivity contribution in [3.63, 3.8) is 0 Å². The fourth-order valence-corrected chi connectivity index (χ4v) is 4.51. The molecule has 0 aromatic carbocycles. The lowest BCUT2D eigenvalue weighted by atomic mass is 10.0. The van der Waals surface area contributed by atoms with Gasteiger partial charge < -0.3 is 4.90 Å². The molecule has 2 aromatic rings. The van der Waals surface area contributed by atoms with Crippen LogP contribution in [0.4, 0.5) is 0 Å². The molecule has 0 aliphatic carbocycles. The van der Waals surface area contributed by atoms with Crippen LogP contribution >= 0.6 is 0 Å². The minimum Gasteiger partial charge on any atom is -0.331 e. The number of nitrogens with zero attached hydrogens (tertiary/aromatic N) is 6. The van der Waals surface area contributed by atoms with E-state index in [4.69, 9.17) is 0 Å². The maximum absolute atomic E-state index is 13.1. The molecule has 4 heterocycles. The summed E-state index contributed by atoms with van der Waals surface area (Å²) < 4.78 is 1.67. The van der Waals surface area contributed by atoms with Crippen molar-refractivity contribution in [2.45, 2.75) is 58.5 Å². The molecule has 0 bridgehead atoms. The van der Waals surface area contributed by atoms with Gasteiger partial charge in [0.05, 0.1) is 0 Å². The summed E-state index contributed by atoms with van der Waals surface area (Å²) in [6, 6.07) is 2.72. The molecule has 0 saturated carbocycles. The van der Waals surface area contributed by atoms with Crippen LogP contribution in [0.2, 0.25) is 0 Å². The Morgan fingerprint density at radius 2 is 1.92 bits per heavy atom. The maximum Gasteiger partial charge on any atom is 0.293 e. The number of aryl methyl sites for hydroxylation is 2. The molecular weight excluding hydrogens is 316 g/mol. The molecule has 2 atom stereocenters. The zero-order valence-corrected chi connectivity index (χ0v) is 15.3. The normalized spacial score (nSPS) is 24.5. The van der Waals surface area contributed by atoms with Crippen LogP contribution in [0.25, 0.3) is 5.78 Å². The van der Waals surface area contributed by atoms with Crippen molar-refractivity contribution in [3.8, 4) is 0 Å². The van der Waals surface area contributed by atoms with Crippen LogP contribution in [0, 0.1) is 13.8 Å². The van der Waals surface area contributed by atoms with Crippen molar-refractivity contribution in [2.24, 2.45) is 0 Å². The lowest BCUT2D eigenvalue weighted by molar-refractivity contribution is 0.0638. The first-order valence-electron chi connectivity index (χ1n) is 9.34. The van der Waals surface area contributed by atoms with Gasteiger partial charge in [-0.25, -0.2) is 9.50 Å². The van der Waals surface area contributed by atoms with Gasteiger partial charge in [0.2, 0.25) is 5.82 Å². The topological polar surface area (TPSA) is 66.6 Å². The van der Waals surface area contributed by atoms with Crippen LogP contribution in [0.3, 0.4) is 0 Å². The zero-order valence-electron chi connectivity index (χ0n) is 15.3. The molecule has 25 heavy (non-hydrogen) atoms. The van der Waals surface area contributed by atoms with Crippen molar-refractivity contribution >= 4 is 11.7 Å². The van der Waals surface area contributed by atoms with Crippen molar-refractivity contribution in [3.05, 3.63) is 23.3 Å². The molecule has 2 aliphatic heterocycles. The largest absolute Gasteiger partial charge is 0.331 e. The van der Waals surface area contributed by atoms with Crippen LogP contribution in [0.1, 0.15) is 54.6 Å². The number of aromatic nitrogens is 4. The molecule has 2 saturated heterocycles. The van der Waals surface area contributed by atoms with E-state index in [1.54, 1.807) is 4.52 Å². The summed E-state index contributed by atoms with van der Waals surface area (Å²) >= 11 is 0. The number of fused-ring (bicyclic) bond motifs is 1. The Bertz CT molecular complexity index is 800. The quantitative estimate of drug-likeness (QED) is 0.851. The lowest BCUT2D eigenvalue weighted by Crippen LogP contribution is -2.48. The Hall–Kier alpha value is -2.02. The number of likely N-dealkylation sites (N-methyl/N-ethyl adjacent to an activating group) is 1. The molecule has 2 fully saturated rings. The van der Waals surface area contributed by atoms with Gasteiger partial charge >= 0.3 is 0 Å². The summed E-state index contributed by atoms with van der Waals surface area (Å²) in [6.45, 7) is 9.10. The van der Waals surface area contributed by atoms with E-state index in [9.17, 15) is 4.79 Å². The molecule has 134 valence electrons. The van der Waals surface area contributed by atoms with Crippen molar-refractivity contribution < 1.29 is 4.79 Å². The molecule has 7 nitrogen and oxygen atoms in total. The van der Waals surface area contributed by atoms with E-state index in [1.807, 2.05) is 24.8 Å². The monoisotopic (exact) mass is 342 g/mol. The fourth-order valence-electron chi connectivity index (χ4n) is 4.51. The average Bonchev–Trinajstić information content (AvgIpc) is 3.31. The predicted molar refractivity (Wildman–Crippen MR) is 94.6 cm³/mol. The van der Waals surface area contributed by atoms with Crippen molar-refractivity contribution in [2.75, 3.05) is 19.6 Å². The van der Waals surface area contributed by atoms with E-state index in [0.717, 1.165) is 43.9 Å². The predicted octanol–water partition coefficient (Wildman–Crippen LogP) is 1.83. The third-order valence-corrected chi connectivity index (χ3v) is 5.63. The number of rotatable bonds is 3. The fraction of sp³-hybridized carbons (Fsp3) is 0.667. The summed E-state index contributed by atoms with van der Waals surface area (Å²) in [5.74, 6) is 0.731. The van der Waals surface area contributed by atoms with E-state index in [2.05, 4.69) is 26.9 Å². The van der Waals surface area contributed by atoms with Gasteiger partial charge in [0.15, 0.2) is 0 Å². The van der Waals surface area contributed by atoms with Gasteiger partial charge in [-0.05, 0) is 58.7 Å². The second kappa shape index (κ2) is 6.37. The Balaban J connectivity index is 1.62. The molecule has 0 N–H and O–H groups in total. The molecule has 7 heteroatoms. The van der Waals surface area contributed by atoms with Crippen LogP contribution < -0.4 is 0 Å². The SMILES string of the molecule is CCN1CCCC1C1CCCN1C(=O)c1nc2nc(C)cc(C)n2n1. The second-order valence-electron chi connectivity index (χ2n) is 7.23. The number of hydrogen-bond acceptors (Lipinski definition) is 5. The first-order chi connectivity index (χ1) is 12.1. The highest BCUT2D eigenvalue weighted by Gasteiger charge is 2.40. The average molecular weight is 342 g/mol. The molecular formula is C18H26N6O. The molecule has 2 aliphatic rings. The molecule has 0 radical (unpaired) electrons. The van der Waals surface area contributed by atoms with Gasteiger partial charge in [-0.1, -0.05) is 6.92 Å².